The van der Waals surface area contributed by atoms with E-state index in [-0.39, 0.29) is 11.6 Å². The number of halogens is 3. The molecule has 0 fully saturated rings. The fraction of sp³-hybridized carbons (Fsp3) is 0.250. The number of rotatable bonds is 3. The second-order valence-electron chi connectivity index (χ2n) is 2.69. The lowest BCUT2D eigenvalue weighted by Crippen LogP contribution is -2.18. The van der Waals surface area contributed by atoms with Crippen LogP contribution in [0, 0.1) is 0 Å². The number of hydrogen-bond acceptors (Lipinski definition) is 2. The Bertz CT molecular complexity index is 444. The highest BCUT2D eigenvalue weighted by atomic mass is 35.5. The van der Waals surface area contributed by atoms with Crippen LogP contribution in [0.5, 0.6) is 0 Å². The zero-order chi connectivity index (χ0) is 11.6. The fourth-order valence-corrected chi connectivity index (χ4v) is 1.25. The fourth-order valence-electron chi connectivity index (χ4n) is 1.04. The molecule has 15 heavy (non-hydrogen) atoms. The van der Waals surface area contributed by atoms with Gasteiger partial charge in [0.1, 0.15) is 0 Å². The number of aromatic nitrogens is 1. The predicted octanol–water partition coefficient (Wildman–Crippen LogP) is 1.75. The van der Waals surface area contributed by atoms with Gasteiger partial charge in [0.15, 0.2) is 0 Å². The first-order valence-electron chi connectivity index (χ1n) is 3.81. The van der Waals surface area contributed by atoms with Gasteiger partial charge in [0.25, 0.3) is 12.0 Å². The van der Waals surface area contributed by atoms with Gasteiger partial charge in [-0.1, -0.05) is 0 Å². The average Bonchev–Trinajstić information content (AvgIpc) is 2.16. The molecule has 4 nitrogen and oxygen atoms in total. The van der Waals surface area contributed by atoms with Crippen molar-refractivity contribution in [1.29, 1.82) is 0 Å². The van der Waals surface area contributed by atoms with Crippen molar-refractivity contribution in [3.05, 3.63) is 33.2 Å². The van der Waals surface area contributed by atoms with Crippen molar-refractivity contribution in [2.75, 3.05) is 0 Å². The van der Waals surface area contributed by atoms with Crippen LogP contribution in [0.15, 0.2) is 10.9 Å². The van der Waals surface area contributed by atoms with Crippen molar-refractivity contribution in [2.24, 2.45) is 0 Å². The number of alkyl halides is 3. The summed E-state index contributed by atoms with van der Waals surface area (Å²) in [6.07, 6.45) is -3.02. The van der Waals surface area contributed by atoms with Gasteiger partial charge in [-0.3, -0.25) is 4.79 Å². The Morgan fingerprint density at radius 2 is 2.20 bits per heavy atom. The van der Waals surface area contributed by atoms with Crippen LogP contribution in [-0.2, 0) is 5.88 Å². The standard InChI is InChI=1S/C8H6ClF2NO3/c9-2-5-3(8(14)15)1-4(6(10)11)7(13)12-5/h1,6H,2H2,(H,12,13)(H,14,15). The van der Waals surface area contributed by atoms with Gasteiger partial charge in [0, 0.05) is 5.69 Å². The number of H-pyrrole nitrogens is 1. The summed E-state index contributed by atoms with van der Waals surface area (Å²) < 4.78 is 24.5. The normalized spacial score (nSPS) is 10.7. The number of carboxylic acids is 1. The number of aromatic carboxylic acids is 1. The van der Waals surface area contributed by atoms with E-state index in [0.717, 1.165) is 0 Å². The van der Waals surface area contributed by atoms with Crippen molar-refractivity contribution < 1.29 is 18.7 Å². The summed E-state index contributed by atoms with van der Waals surface area (Å²) in [5.41, 5.74) is -2.40. The van der Waals surface area contributed by atoms with E-state index in [9.17, 15) is 18.4 Å². The summed E-state index contributed by atoms with van der Waals surface area (Å²) in [5.74, 6) is -1.68. The van der Waals surface area contributed by atoms with Gasteiger partial charge in [0.2, 0.25) is 0 Å². The summed E-state index contributed by atoms with van der Waals surface area (Å²) >= 11 is 5.36. The molecule has 1 heterocycles. The predicted molar refractivity (Wildman–Crippen MR) is 48.5 cm³/mol. The van der Waals surface area contributed by atoms with Crippen LogP contribution in [-0.4, -0.2) is 16.1 Å². The van der Waals surface area contributed by atoms with Gasteiger partial charge >= 0.3 is 5.97 Å². The van der Waals surface area contributed by atoms with Crippen LogP contribution in [0.25, 0.3) is 0 Å². The molecular weight excluding hydrogens is 232 g/mol. The maximum atomic E-state index is 12.3. The molecule has 0 unspecified atom stereocenters. The van der Waals surface area contributed by atoms with E-state index in [1.807, 2.05) is 4.98 Å². The highest BCUT2D eigenvalue weighted by Gasteiger charge is 2.18. The first kappa shape index (κ1) is 11.6. The maximum Gasteiger partial charge on any atom is 0.337 e. The third kappa shape index (κ3) is 2.33. The summed E-state index contributed by atoms with van der Waals surface area (Å²) in [5, 5.41) is 8.67. The quantitative estimate of drug-likeness (QED) is 0.787. The van der Waals surface area contributed by atoms with Gasteiger partial charge in [-0.15, -0.1) is 11.6 Å². The first-order chi connectivity index (χ1) is 6.97. The minimum atomic E-state index is -3.02. The molecule has 0 bridgehead atoms. The zero-order valence-corrected chi connectivity index (χ0v) is 8.02. The van der Waals surface area contributed by atoms with Gasteiger partial charge in [-0.25, -0.2) is 13.6 Å². The van der Waals surface area contributed by atoms with Crippen LogP contribution >= 0.6 is 11.6 Å². The molecule has 0 aliphatic heterocycles. The topological polar surface area (TPSA) is 70.2 Å². The third-order valence-corrected chi connectivity index (χ3v) is 2.02. The highest BCUT2D eigenvalue weighted by molar-refractivity contribution is 6.17. The van der Waals surface area contributed by atoms with Crippen molar-refractivity contribution >= 4 is 17.6 Å². The number of carboxylic acid groups (broad SMARTS) is 1. The third-order valence-electron chi connectivity index (χ3n) is 1.75. The molecule has 0 spiro atoms. The molecule has 0 amide bonds. The molecule has 1 rings (SSSR count). The Morgan fingerprint density at radius 3 is 2.60 bits per heavy atom. The van der Waals surface area contributed by atoms with Crippen LogP contribution in [0.3, 0.4) is 0 Å². The monoisotopic (exact) mass is 237 g/mol. The molecule has 0 aromatic carbocycles. The van der Waals surface area contributed by atoms with Gasteiger partial charge in [-0.2, -0.15) is 0 Å². The van der Waals surface area contributed by atoms with Crippen molar-refractivity contribution in [1.82, 2.24) is 4.98 Å². The lowest BCUT2D eigenvalue weighted by molar-refractivity contribution is 0.0694. The molecule has 0 saturated carbocycles. The molecule has 0 saturated heterocycles. The Balaban J connectivity index is 3.44. The Hall–Kier alpha value is -1.43. The van der Waals surface area contributed by atoms with E-state index >= 15 is 0 Å². The van der Waals surface area contributed by atoms with E-state index < -0.39 is 29.1 Å². The Kier molecular flexibility index (Phi) is 3.41. The Labute approximate surface area is 87.5 Å². The van der Waals surface area contributed by atoms with E-state index in [0.29, 0.717) is 6.07 Å². The largest absolute Gasteiger partial charge is 0.478 e. The molecule has 2 N–H and O–H groups in total. The first-order valence-corrected chi connectivity index (χ1v) is 4.34. The van der Waals surface area contributed by atoms with Crippen LogP contribution in [0.4, 0.5) is 8.78 Å². The summed E-state index contributed by atoms with van der Waals surface area (Å²) in [6.45, 7) is 0. The van der Waals surface area contributed by atoms with Gasteiger partial charge < -0.3 is 10.1 Å². The minimum absolute atomic E-state index is 0.0847. The summed E-state index contributed by atoms with van der Waals surface area (Å²) in [7, 11) is 0. The number of aromatic amines is 1. The second kappa shape index (κ2) is 4.39. The van der Waals surface area contributed by atoms with Crippen LogP contribution in [0.1, 0.15) is 28.0 Å². The summed E-state index contributed by atoms with van der Waals surface area (Å²) in [4.78, 5) is 23.7. The molecule has 0 atom stereocenters. The zero-order valence-electron chi connectivity index (χ0n) is 7.26. The van der Waals surface area contributed by atoms with E-state index in [1.54, 1.807) is 0 Å². The average molecular weight is 238 g/mol. The molecule has 1 aromatic rings. The number of nitrogens with one attached hydrogen (secondary N) is 1. The van der Waals surface area contributed by atoms with E-state index in [1.165, 1.54) is 0 Å². The molecule has 7 heteroatoms. The molecule has 0 radical (unpaired) electrons. The summed E-state index contributed by atoms with van der Waals surface area (Å²) in [6, 6.07) is 0.642. The lowest BCUT2D eigenvalue weighted by Gasteiger charge is -2.05. The Morgan fingerprint density at radius 1 is 1.60 bits per heavy atom. The van der Waals surface area contributed by atoms with E-state index in [2.05, 4.69) is 0 Å². The van der Waals surface area contributed by atoms with Crippen LogP contribution < -0.4 is 5.56 Å². The minimum Gasteiger partial charge on any atom is -0.478 e. The molecule has 0 aliphatic carbocycles. The molecule has 82 valence electrons. The second-order valence-corrected chi connectivity index (χ2v) is 2.95. The smallest absolute Gasteiger partial charge is 0.337 e. The van der Waals surface area contributed by atoms with Crippen molar-refractivity contribution in [2.45, 2.75) is 12.3 Å². The SMILES string of the molecule is O=C(O)c1cc(C(F)F)c(=O)[nH]c1CCl. The van der Waals surface area contributed by atoms with Crippen molar-refractivity contribution in [3.63, 3.8) is 0 Å². The van der Waals surface area contributed by atoms with Crippen LogP contribution in [0.2, 0.25) is 0 Å². The van der Waals surface area contributed by atoms with E-state index in [4.69, 9.17) is 16.7 Å². The highest BCUT2D eigenvalue weighted by Crippen LogP contribution is 2.17. The maximum absolute atomic E-state index is 12.3. The molecular formula is C8H6ClF2NO3. The number of pyridine rings is 1. The van der Waals surface area contributed by atoms with Gasteiger partial charge in [0.05, 0.1) is 17.0 Å². The molecule has 1 aromatic heterocycles. The van der Waals surface area contributed by atoms with Crippen molar-refractivity contribution in [3.8, 4) is 0 Å². The van der Waals surface area contributed by atoms with Gasteiger partial charge in [-0.05, 0) is 6.07 Å². The molecule has 0 aliphatic rings. The number of carbonyl (C=O) groups is 1. The lowest BCUT2D eigenvalue weighted by atomic mass is 10.1. The number of hydrogen-bond donors (Lipinski definition) is 2.